The van der Waals surface area contributed by atoms with Crippen LogP contribution in [0.4, 0.5) is 0 Å². The molecule has 0 saturated heterocycles. The fourth-order valence-corrected chi connectivity index (χ4v) is 1.95. The van der Waals surface area contributed by atoms with Crippen LogP contribution >= 0.6 is 0 Å². The Bertz CT molecular complexity index is 651. The second kappa shape index (κ2) is 21.9. The van der Waals surface area contributed by atoms with Crippen molar-refractivity contribution in [1.29, 1.82) is 0 Å². The third kappa shape index (κ3) is 38.3. The van der Waals surface area contributed by atoms with E-state index in [0.29, 0.717) is 39.2 Å². The molecule has 0 aliphatic carbocycles. The van der Waals surface area contributed by atoms with Gasteiger partial charge in [-0.2, -0.15) is 0 Å². The first kappa shape index (κ1) is 19.2. The molecule has 0 aliphatic heterocycles. The Balaban J connectivity index is -0.000000666. The molecule has 0 aromatic carbocycles. The van der Waals surface area contributed by atoms with Gasteiger partial charge in [-0.05, 0) is 47.1 Å². The van der Waals surface area contributed by atoms with E-state index < -0.39 is 48.4 Å². The van der Waals surface area contributed by atoms with Crippen LogP contribution in [0, 0.1) is 0 Å². The first-order valence-electron chi connectivity index (χ1n) is 14.5. The minimum absolute atomic E-state index is 0.0276. The number of hydrogen-bond acceptors (Lipinski definition) is 8. The maximum atomic E-state index is 9.08. The van der Waals surface area contributed by atoms with Crippen LogP contribution in [-0.2, 0) is 29.1 Å². The summed E-state index contributed by atoms with van der Waals surface area (Å²) in [4.78, 5) is 0. The molecule has 0 aromatic rings. The number of quaternary nitrogens is 1. The first-order valence-corrected chi connectivity index (χ1v) is 11.9. The zero-order valence-corrected chi connectivity index (χ0v) is 19.8. The minimum Gasteiger partial charge on any atom is -0.748 e. The van der Waals surface area contributed by atoms with Gasteiger partial charge < -0.3 is 33.7 Å². The van der Waals surface area contributed by atoms with E-state index in [4.69, 9.17) is 50.0 Å². The maximum Gasteiger partial charge on any atom is 0.157 e. The lowest BCUT2D eigenvalue weighted by molar-refractivity contribution is -0.870. The molecule has 0 amide bonds. The van der Waals surface area contributed by atoms with Crippen LogP contribution in [0.5, 0.6) is 0 Å². The van der Waals surface area contributed by atoms with Crippen molar-refractivity contribution in [2.24, 2.45) is 5.73 Å². The molecule has 0 saturated carbocycles. The number of nitrogens with two attached hydrogens (primary N) is 1. The van der Waals surface area contributed by atoms with Crippen LogP contribution in [-0.4, -0.2) is 96.7 Å². The van der Waals surface area contributed by atoms with Crippen molar-refractivity contribution in [2.45, 2.75) is 66.0 Å². The van der Waals surface area contributed by atoms with Gasteiger partial charge in [-0.15, -0.1) is 0 Å². The summed E-state index contributed by atoms with van der Waals surface area (Å²) >= 11 is 0. The normalized spacial score (nSPS) is 17.4. The van der Waals surface area contributed by atoms with Crippen LogP contribution in [0.2, 0.25) is 0 Å². The van der Waals surface area contributed by atoms with Gasteiger partial charge in [0.05, 0.1) is 49.9 Å². The van der Waals surface area contributed by atoms with Gasteiger partial charge in [0.1, 0.15) is 0 Å². The van der Waals surface area contributed by atoms with Crippen molar-refractivity contribution < 1.29 is 48.7 Å². The van der Waals surface area contributed by atoms with E-state index in [9.17, 15) is 0 Å². The summed E-state index contributed by atoms with van der Waals surface area (Å²) in [6.45, 7) is 0.157. The summed E-state index contributed by atoms with van der Waals surface area (Å²) in [5, 5.41) is 0. The zero-order chi connectivity index (χ0) is 31.6. The Morgan fingerprint density at radius 2 is 1.20 bits per heavy atom. The Morgan fingerprint density at radius 3 is 1.47 bits per heavy atom. The molecule has 0 bridgehead atoms. The molecule has 0 aliphatic rings. The first-order chi connectivity index (χ1) is 17.6. The second-order valence-corrected chi connectivity index (χ2v) is 7.40. The topological polar surface area (TPSA) is 120 Å². The van der Waals surface area contributed by atoms with Crippen LogP contribution < -0.4 is 5.73 Å². The molecule has 10 heteroatoms. The van der Waals surface area contributed by atoms with E-state index >= 15 is 0 Å². The predicted molar refractivity (Wildman–Crippen MR) is 120 cm³/mol. The van der Waals surface area contributed by atoms with Gasteiger partial charge in [0, 0.05) is 45.5 Å². The second-order valence-electron chi connectivity index (χ2n) is 5.99. The number of nitrogens with zero attached hydrogens (tertiary/aromatic N) is 1. The Hall–Kier alpha value is -0.330. The highest BCUT2D eigenvalue weighted by Crippen LogP contribution is 2.06. The molecule has 0 heterocycles. The largest absolute Gasteiger partial charge is 0.748 e. The Morgan fingerprint density at radius 1 is 0.867 bits per heavy atom. The molecule has 0 radical (unpaired) electrons. The third-order valence-corrected chi connectivity index (χ3v) is 2.99. The molecular weight excluding hydrogens is 412 g/mol. The molecule has 0 spiro atoms. The van der Waals surface area contributed by atoms with Crippen LogP contribution in [0.3, 0.4) is 0 Å². The fraction of sp³-hybridized carbons (Fsp3) is 1.00. The highest BCUT2D eigenvalue weighted by molar-refractivity contribution is 7.84. The number of hydrogen-bond donors (Lipinski definition) is 1. The minimum atomic E-state index is -3.92. The Labute approximate surface area is 198 Å². The summed E-state index contributed by atoms with van der Waals surface area (Å²) in [6.07, 6.45) is 2.05. The Kier molecular flexibility index (Phi) is 14.0. The van der Waals surface area contributed by atoms with E-state index in [2.05, 4.69) is 0 Å². The van der Waals surface area contributed by atoms with Crippen LogP contribution in [0.25, 0.3) is 0 Å². The molecular formula is C20H48N2O7S. The predicted octanol–water partition coefficient (Wildman–Crippen LogP) is 2.16. The smallest absolute Gasteiger partial charge is 0.157 e. The van der Waals surface area contributed by atoms with Gasteiger partial charge >= 0.3 is 0 Å². The molecule has 186 valence electrons. The number of ether oxygens (including phenoxy) is 4. The van der Waals surface area contributed by atoms with E-state index in [1.165, 1.54) is 0 Å². The fourth-order valence-electron chi connectivity index (χ4n) is 1.95. The van der Waals surface area contributed by atoms with Crippen LogP contribution in [0.1, 0.15) is 65.7 Å². The summed E-state index contributed by atoms with van der Waals surface area (Å²) in [6, 6.07) is 0. The van der Waals surface area contributed by atoms with Crippen molar-refractivity contribution in [3.05, 3.63) is 0 Å². The SMILES string of the molecule is CCOC(CCCN)OCC.CS(=O)(=O)[O-].[2H]C([2H])([2H])[N+](CCCC(OCC)OCC)(C([2H])([2H])[2H])C([2H])([2H])[2H]. The molecule has 30 heavy (non-hydrogen) atoms. The summed E-state index contributed by atoms with van der Waals surface area (Å²) in [5.41, 5.74) is 5.36. The molecule has 0 atom stereocenters. The van der Waals surface area contributed by atoms with Crippen molar-refractivity contribution >= 4 is 10.1 Å². The van der Waals surface area contributed by atoms with Crippen molar-refractivity contribution in [3.63, 3.8) is 0 Å². The van der Waals surface area contributed by atoms with E-state index in [-0.39, 0.29) is 19.1 Å². The molecule has 0 unspecified atom stereocenters. The summed E-state index contributed by atoms with van der Waals surface area (Å²) in [7, 11) is -3.92. The lowest BCUT2D eigenvalue weighted by Crippen LogP contribution is -2.35. The van der Waals surface area contributed by atoms with Crippen molar-refractivity contribution in [2.75, 3.05) is 66.7 Å². The molecule has 2 N–H and O–H groups in total. The average Bonchev–Trinajstić information content (AvgIpc) is 2.72. The van der Waals surface area contributed by atoms with E-state index in [1.807, 2.05) is 13.8 Å². The van der Waals surface area contributed by atoms with Gasteiger partial charge in [0.15, 0.2) is 12.6 Å². The summed E-state index contributed by atoms with van der Waals surface area (Å²) < 4.78 is 114. The highest BCUT2D eigenvalue weighted by Gasteiger charge is 2.11. The molecule has 0 fully saturated rings. The standard InChI is InChI=1S/C11H26NO2.C8H19NO2.CH4O3S/c1-6-13-11(14-7-2)9-8-10-12(3,4)5;1-3-10-8(11-4-2)6-5-7-9;1-5(2,3)4/h11H,6-10H2,1-5H3;8H,3-7,9H2,1-2H3;1H3,(H,2,3,4)/q+1;;/p-1/i3D3,4D3,5D3;;. The van der Waals surface area contributed by atoms with Crippen LogP contribution in [0.15, 0.2) is 0 Å². The summed E-state index contributed by atoms with van der Waals surface area (Å²) in [5.74, 6) is 0. The third-order valence-electron chi connectivity index (χ3n) is 2.99. The molecule has 0 aromatic heterocycles. The van der Waals surface area contributed by atoms with Crippen molar-refractivity contribution in [3.8, 4) is 0 Å². The van der Waals surface area contributed by atoms with Gasteiger partial charge in [-0.3, -0.25) is 0 Å². The van der Waals surface area contributed by atoms with Gasteiger partial charge in [0.2, 0.25) is 0 Å². The van der Waals surface area contributed by atoms with E-state index in [0.717, 1.165) is 12.8 Å². The van der Waals surface area contributed by atoms with Gasteiger partial charge in [0.25, 0.3) is 0 Å². The molecule has 9 nitrogen and oxygen atoms in total. The number of rotatable bonds is 15. The van der Waals surface area contributed by atoms with Crippen molar-refractivity contribution in [1.82, 2.24) is 0 Å². The van der Waals surface area contributed by atoms with Gasteiger partial charge in [-0.25, -0.2) is 8.42 Å². The lowest BCUT2D eigenvalue weighted by Gasteiger charge is -2.25. The average molecular weight is 470 g/mol. The zero-order valence-electron chi connectivity index (χ0n) is 28.0. The maximum absolute atomic E-state index is 9.08. The van der Waals surface area contributed by atoms with Gasteiger partial charge in [-0.1, -0.05) is 0 Å². The monoisotopic (exact) mass is 469 g/mol. The lowest BCUT2D eigenvalue weighted by atomic mass is 10.3. The van der Waals surface area contributed by atoms with E-state index in [1.54, 1.807) is 13.8 Å². The highest BCUT2D eigenvalue weighted by atomic mass is 32.2. The quantitative estimate of drug-likeness (QED) is 0.220. The molecule has 0 rings (SSSR count).